The predicted octanol–water partition coefficient (Wildman–Crippen LogP) is 5.20. The topological polar surface area (TPSA) is 43.4 Å². The summed E-state index contributed by atoms with van der Waals surface area (Å²) in [6, 6.07) is 10.7. The van der Waals surface area contributed by atoms with Crippen LogP contribution in [0.25, 0.3) is 0 Å². The third-order valence-corrected chi connectivity index (χ3v) is 3.67. The van der Waals surface area contributed by atoms with Crippen LogP contribution in [-0.2, 0) is 4.74 Å². The zero-order valence-corrected chi connectivity index (χ0v) is 13.3. The van der Waals surface area contributed by atoms with Crippen LogP contribution in [0.5, 0.6) is 0 Å². The minimum absolute atomic E-state index is 0.234. The number of hydrogen-bond donors (Lipinski definition) is 0. The normalized spacial score (nSPS) is 10.7. The van der Waals surface area contributed by atoms with E-state index < -0.39 is 5.97 Å². The van der Waals surface area contributed by atoms with E-state index in [1.165, 1.54) is 18.2 Å². The van der Waals surface area contributed by atoms with Gasteiger partial charge in [0.15, 0.2) is 5.78 Å². The maximum absolute atomic E-state index is 11.8. The summed E-state index contributed by atoms with van der Waals surface area (Å²) in [5.41, 5.74) is 0.671. The maximum atomic E-state index is 11.8. The van der Waals surface area contributed by atoms with Crippen LogP contribution < -0.4 is 0 Å². The van der Waals surface area contributed by atoms with Crippen molar-refractivity contribution in [2.75, 3.05) is 0 Å². The quantitative estimate of drug-likeness (QED) is 0.328. The van der Waals surface area contributed by atoms with Gasteiger partial charge in [-0.15, -0.1) is 0 Å². The molecule has 0 radical (unpaired) electrons. The molecule has 0 N–H and O–H groups in total. The van der Waals surface area contributed by atoms with Crippen LogP contribution in [0.1, 0.15) is 20.7 Å². The van der Waals surface area contributed by atoms with Crippen molar-refractivity contribution in [1.29, 1.82) is 0 Å². The summed E-state index contributed by atoms with van der Waals surface area (Å²) in [7, 11) is 0. The molecule has 0 fully saturated rings. The molecule has 0 unspecified atom stereocenters. The lowest BCUT2D eigenvalue weighted by molar-refractivity contribution is 0.0662. The van der Waals surface area contributed by atoms with E-state index in [4.69, 9.17) is 39.5 Å². The Morgan fingerprint density at radius 2 is 1.50 bits per heavy atom. The van der Waals surface area contributed by atoms with E-state index in [1.54, 1.807) is 24.3 Å². The Balaban J connectivity index is 1.99. The van der Waals surface area contributed by atoms with E-state index >= 15 is 0 Å². The zero-order valence-electron chi connectivity index (χ0n) is 11.1. The fourth-order valence-corrected chi connectivity index (χ4v) is 1.98. The average Bonchev–Trinajstić information content (AvgIpc) is 2.50. The summed E-state index contributed by atoms with van der Waals surface area (Å²) >= 11 is 17.3. The summed E-state index contributed by atoms with van der Waals surface area (Å²) in [6.45, 7) is 0. The summed E-state index contributed by atoms with van der Waals surface area (Å²) in [4.78, 5) is 23.6. The summed E-state index contributed by atoms with van der Waals surface area (Å²) in [5, 5.41) is 1.12. The summed E-state index contributed by atoms with van der Waals surface area (Å²) in [6.07, 6.45) is 2.18. The smallest absolute Gasteiger partial charge is 0.342 e. The minimum Gasteiger partial charge on any atom is -0.431 e. The van der Waals surface area contributed by atoms with Crippen molar-refractivity contribution in [2.24, 2.45) is 0 Å². The molecule has 22 heavy (non-hydrogen) atoms. The molecule has 0 saturated carbocycles. The molecule has 0 aromatic heterocycles. The first kappa shape index (κ1) is 16.6. The predicted molar refractivity (Wildman–Crippen MR) is 86.8 cm³/mol. The lowest BCUT2D eigenvalue weighted by Gasteiger charge is -2.01. The van der Waals surface area contributed by atoms with Gasteiger partial charge in [0, 0.05) is 16.7 Å². The number of ketones is 1. The molecule has 6 heteroatoms. The van der Waals surface area contributed by atoms with Gasteiger partial charge in [-0.05, 0) is 42.5 Å². The Bertz CT molecular complexity index is 737. The van der Waals surface area contributed by atoms with Crippen LogP contribution in [0.2, 0.25) is 15.1 Å². The van der Waals surface area contributed by atoms with Gasteiger partial charge in [-0.2, -0.15) is 0 Å². The lowest BCUT2D eigenvalue weighted by Crippen LogP contribution is -2.01. The van der Waals surface area contributed by atoms with Gasteiger partial charge in [0.05, 0.1) is 21.9 Å². The first-order valence-corrected chi connectivity index (χ1v) is 7.23. The molecule has 0 bridgehead atoms. The SMILES string of the molecule is O=C(C=COC(=O)c1ccc(Cl)c(Cl)c1)c1ccc(Cl)cc1. The molecule has 2 aromatic rings. The van der Waals surface area contributed by atoms with Gasteiger partial charge in [0.25, 0.3) is 0 Å². The van der Waals surface area contributed by atoms with Crippen LogP contribution in [0.15, 0.2) is 54.8 Å². The number of carbonyl (C=O) groups excluding carboxylic acids is 2. The van der Waals surface area contributed by atoms with E-state index in [1.807, 2.05) is 0 Å². The lowest BCUT2D eigenvalue weighted by atomic mass is 10.1. The Hall–Kier alpha value is -1.81. The van der Waals surface area contributed by atoms with Crippen molar-refractivity contribution in [2.45, 2.75) is 0 Å². The molecular weight excluding hydrogens is 347 g/mol. The molecule has 2 aromatic carbocycles. The van der Waals surface area contributed by atoms with Gasteiger partial charge in [0.1, 0.15) is 0 Å². The second kappa shape index (κ2) is 7.45. The Kier molecular flexibility index (Phi) is 5.61. The highest BCUT2D eigenvalue weighted by Crippen LogP contribution is 2.22. The number of allylic oxidation sites excluding steroid dienone is 1. The van der Waals surface area contributed by atoms with Gasteiger partial charge in [-0.25, -0.2) is 4.79 Å². The molecule has 112 valence electrons. The first-order valence-electron chi connectivity index (χ1n) is 6.10. The Morgan fingerprint density at radius 3 is 2.14 bits per heavy atom. The summed E-state index contributed by atoms with van der Waals surface area (Å²) < 4.78 is 4.87. The molecular formula is C16H9Cl3O3. The van der Waals surface area contributed by atoms with E-state index in [2.05, 4.69) is 0 Å². The number of carbonyl (C=O) groups is 2. The Labute approximate surface area is 142 Å². The molecule has 0 aliphatic rings. The van der Waals surface area contributed by atoms with E-state index in [9.17, 15) is 9.59 Å². The van der Waals surface area contributed by atoms with Crippen LogP contribution in [-0.4, -0.2) is 11.8 Å². The number of benzene rings is 2. The van der Waals surface area contributed by atoms with Gasteiger partial charge >= 0.3 is 5.97 Å². The number of esters is 1. The minimum atomic E-state index is -0.640. The van der Waals surface area contributed by atoms with Crippen molar-refractivity contribution in [3.63, 3.8) is 0 Å². The third kappa shape index (κ3) is 4.34. The summed E-state index contributed by atoms with van der Waals surface area (Å²) in [5.74, 6) is -0.947. The zero-order chi connectivity index (χ0) is 16.1. The highest BCUT2D eigenvalue weighted by molar-refractivity contribution is 6.42. The molecule has 0 aliphatic carbocycles. The molecule has 0 aliphatic heterocycles. The molecule has 0 heterocycles. The van der Waals surface area contributed by atoms with E-state index in [0.717, 1.165) is 12.3 Å². The molecule has 0 spiro atoms. The van der Waals surface area contributed by atoms with Crippen molar-refractivity contribution in [1.82, 2.24) is 0 Å². The van der Waals surface area contributed by atoms with E-state index in [0.29, 0.717) is 15.6 Å². The van der Waals surface area contributed by atoms with Crippen molar-refractivity contribution < 1.29 is 14.3 Å². The fourth-order valence-electron chi connectivity index (χ4n) is 1.56. The number of halogens is 3. The van der Waals surface area contributed by atoms with Crippen LogP contribution >= 0.6 is 34.8 Å². The van der Waals surface area contributed by atoms with Crippen LogP contribution in [0.4, 0.5) is 0 Å². The number of hydrogen-bond acceptors (Lipinski definition) is 3. The van der Waals surface area contributed by atoms with Gasteiger partial charge < -0.3 is 4.74 Å². The Morgan fingerprint density at radius 1 is 0.864 bits per heavy atom. The standard InChI is InChI=1S/C16H9Cl3O3/c17-12-4-1-10(2-5-12)15(20)7-8-22-16(21)11-3-6-13(18)14(19)9-11/h1-9H. The molecule has 3 nitrogen and oxygen atoms in total. The largest absolute Gasteiger partial charge is 0.431 e. The van der Waals surface area contributed by atoms with Crippen molar-refractivity contribution in [3.05, 3.63) is 81.0 Å². The second-order valence-electron chi connectivity index (χ2n) is 4.21. The highest BCUT2D eigenvalue weighted by atomic mass is 35.5. The maximum Gasteiger partial charge on any atom is 0.342 e. The monoisotopic (exact) mass is 354 g/mol. The van der Waals surface area contributed by atoms with Gasteiger partial charge in [-0.1, -0.05) is 34.8 Å². The van der Waals surface area contributed by atoms with Gasteiger partial charge in [0.2, 0.25) is 0 Å². The molecule has 2 rings (SSSR count). The highest BCUT2D eigenvalue weighted by Gasteiger charge is 2.08. The van der Waals surface area contributed by atoms with E-state index in [-0.39, 0.29) is 16.4 Å². The van der Waals surface area contributed by atoms with Crippen LogP contribution in [0, 0.1) is 0 Å². The first-order chi connectivity index (χ1) is 10.5. The third-order valence-electron chi connectivity index (χ3n) is 2.68. The van der Waals surface area contributed by atoms with Crippen molar-refractivity contribution in [3.8, 4) is 0 Å². The molecule has 0 atom stereocenters. The van der Waals surface area contributed by atoms with Crippen molar-refractivity contribution >= 4 is 46.6 Å². The molecule has 0 saturated heterocycles. The van der Waals surface area contributed by atoms with Gasteiger partial charge in [-0.3, -0.25) is 4.79 Å². The average molecular weight is 356 g/mol. The number of rotatable bonds is 4. The fraction of sp³-hybridized carbons (Fsp3) is 0. The second-order valence-corrected chi connectivity index (χ2v) is 5.46. The van der Waals surface area contributed by atoms with Crippen LogP contribution in [0.3, 0.4) is 0 Å². The molecule has 0 amide bonds. The number of ether oxygens (including phenoxy) is 1.